The van der Waals surface area contributed by atoms with Crippen molar-refractivity contribution in [2.75, 3.05) is 26.2 Å². The van der Waals surface area contributed by atoms with Crippen molar-refractivity contribution in [3.63, 3.8) is 0 Å². The molecule has 0 atom stereocenters. The van der Waals surface area contributed by atoms with Crippen molar-refractivity contribution in [1.29, 1.82) is 0 Å². The molecular formula is C22H44NNaO4. The number of carboxylic acids is 2. The second kappa shape index (κ2) is 23.2. The molecule has 5 nitrogen and oxygen atoms in total. The van der Waals surface area contributed by atoms with Gasteiger partial charge in [0.25, 0.3) is 0 Å². The number of quaternary nitrogens is 1. The van der Waals surface area contributed by atoms with Crippen LogP contribution >= 0.6 is 0 Å². The molecule has 0 bridgehead atoms. The van der Waals surface area contributed by atoms with Crippen molar-refractivity contribution in [2.45, 2.75) is 105 Å². The van der Waals surface area contributed by atoms with Crippen LogP contribution in [0.15, 0.2) is 0 Å². The SMILES string of the molecule is CCCCCCCCCC[N+](CC)(CC)CC.O=C([O-])CCCCC(=O)[O-].[Na+]. The molecule has 0 saturated heterocycles. The van der Waals surface area contributed by atoms with Gasteiger partial charge in [-0.3, -0.25) is 0 Å². The van der Waals surface area contributed by atoms with Crippen LogP contribution in [0.2, 0.25) is 0 Å². The molecule has 0 heterocycles. The molecule has 0 aliphatic rings. The van der Waals surface area contributed by atoms with Crippen LogP contribution in [0, 0.1) is 0 Å². The monoisotopic (exact) mass is 409 g/mol. The van der Waals surface area contributed by atoms with E-state index in [1.807, 2.05) is 0 Å². The molecule has 0 aliphatic heterocycles. The minimum atomic E-state index is -1.14. The summed E-state index contributed by atoms with van der Waals surface area (Å²) >= 11 is 0. The van der Waals surface area contributed by atoms with E-state index in [0.29, 0.717) is 12.8 Å². The zero-order valence-electron chi connectivity index (χ0n) is 19.4. The summed E-state index contributed by atoms with van der Waals surface area (Å²) in [7, 11) is 0. The quantitative estimate of drug-likeness (QED) is 0.193. The number of hydrogen-bond acceptors (Lipinski definition) is 4. The maximum absolute atomic E-state index is 9.77. The van der Waals surface area contributed by atoms with Gasteiger partial charge in [0, 0.05) is 11.9 Å². The summed E-state index contributed by atoms with van der Waals surface area (Å²) < 4.78 is 1.33. The summed E-state index contributed by atoms with van der Waals surface area (Å²) in [6.07, 6.45) is 12.1. The van der Waals surface area contributed by atoms with Crippen LogP contribution < -0.4 is 39.8 Å². The first-order chi connectivity index (χ1) is 12.9. The molecule has 0 unspecified atom stereocenters. The standard InChI is InChI=1S/C16H36N.C6H10O4.Na/c1-5-9-10-11-12-13-14-15-16-17(6-2,7-3)8-4;7-5(8)3-1-2-4-6(9)10;/h5-16H2,1-4H3;1-4H2,(H,7,8)(H,9,10);/q+1;;+1/p-2. The Kier molecular flexibility index (Phi) is 27.0. The van der Waals surface area contributed by atoms with Crippen LogP contribution in [-0.4, -0.2) is 42.6 Å². The number of nitrogens with zero attached hydrogens (tertiary/aromatic N) is 1. The van der Waals surface area contributed by atoms with Gasteiger partial charge in [-0.05, 0) is 59.3 Å². The average Bonchev–Trinajstić information content (AvgIpc) is 2.65. The maximum atomic E-state index is 9.77. The zero-order valence-corrected chi connectivity index (χ0v) is 21.4. The first-order valence-corrected chi connectivity index (χ1v) is 11.1. The van der Waals surface area contributed by atoms with Crippen LogP contribution in [-0.2, 0) is 9.59 Å². The fourth-order valence-electron chi connectivity index (χ4n) is 3.26. The van der Waals surface area contributed by atoms with E-state index in [0.717, 1.165) is 0 Å². The minimum absolute atomic E-state index is 0. The Balaban J connectivity index is -0.000000489. The van der Waals surface area contributed by atoms with Crippen LogP contribution in [0.1, 0.15) is 105 Å². The molecule has 0 N–H and O–H groups in total. The molecular weight excluding hydrogens is 365 g/mol. The molecule has 6 heteroatoms. The average molecular weight is 410 g/mol. The summed E-state index contributed by atoms with van der Waals surface area (Å²) in [4.78, 5) is 19.5. The van der Waals surface area contributed by atoms with Gasteiger partial charge in [-0.15, -0.1) is 0 Å². The first-order valence-electron chi connectivity index (χ1n) is 11.1. The Bertz CT molecular complexity index is 336. The van der Waals surface area contributed by atoms with Crippen molar-refractivity contribution in [2.24, 2.45) is 0 Å². The van der Waals surface area contributed by atoms with E-state index in [9.17, 15) is 19.8 Å². The number of aliphatic carboxylic acids is 2. The molecule has 0 aromatic rings. The second-order valence-corrected chi connectivity index (χ2v) is 7.44. The van der Waals surface area contributed by atoms with Gasteiger partial charge in [0.2, 0.25) is 0 Å². The van der Waals surface area contributed by atoms with Gasteiger partial charge in [0.05, 0.1) is 26.2 Å². The van der Waals surface area contributed by atoms with E-state index >= 15 is 0 Å². The minimum Gasteiger partial charge on any atom is -0.550 e. The topological polar surface area (TPSA) is 80.3 Å². The van der Waals surface area contributed by atoms with Gasteiger partial charge in [-0.1, -0.05) is 45.4 Å². The van der Waals surface area contributed by atoms with Gasteiger partial charge in [0.1, 0.15) is 0 Å². The van der Waals surface area contributed by atoms with Crippen molar-refractivity contribution in [1.82, 2.24) is 0 Å². The fourth-order valence-corrected chi connectivity index (χ4v) is 3.26. The Hall–Kier alpha value is -0.100. The van der Waals surface area contributed by atoms with E-state index in [1.165, 1.54) is 82.0 Å². The molecule has 0 aromatic heterocycles. The molecule has 0 saturated carbocycles. The Morgan fingerprint density at radius 2 is 0.964 bits per heavy atom. The number of carbonyl (C=O) groups is 2. The maximum Gasteiger partial charge on any atom is 1.00 e. The number of unbranched alkanes of at least 4 members (excludes halogenated alkanes) is 8. The molecule has 0 radical (unpaired) electrons. The van der Waals surface area contributed by atoms with Crippen molar-refractivity contribution >= 4 is 11.9 Å². The van der Waals surface area contributed by atoms with Gasteiger partial charge >= 0.3 is 29.6 Å². The van der Waals surface area contributed by atoms with Crippen LogP contribution in [0.5, 0.6) is 0 Å². The van der Waals surface area contributed by atoms with Gasteiger partial charge in [-0.25, -0.2) is 0 Å². The number of rotatable bonds is 17. The largest absolute Gasteiger partial charge is 1.00 e. The molecule has 0 aromatic carbocycles. The molecule has 0 fully saturated rings. The van der Waals surface area contributed by atoms with Crippen LogP contribution in [0.3, 0.4) is 0 Å². The third-order valence-corrected chi connectivity index (χ3v) is 5.51. The second-order valence-electron chi connectivity index (χ2n) is 7.44. The molecule has 28 heavy (non-hydrogen) atoms. The smallest absolute Gasteiger partial charge is 0.550 e. The first kappa shape index (κ1) is 32.6. The zero-order chi connectivity index (χ0) is 21.0. The third kappa shape index (κ3) is 22.2. The molecule has 0 amide bonds. The Morgan fingerprint density at radius 1 is 0.607 bits per heavy atom. The van der Waals surface area contributed by atoms with E-state index in [4.69, 9.17) is 0 Å². The van der Waals surface area contributed by atoms with Crippen molar-refractivity contribution in [3.8, 4) is 0 Å². The fraction of sp³-hybridized carbons (Fsp3) is 0.909. The van der Waals surface area contributed by atoms with Crippen molar-refractivity contribution < 1.29 is 53.8 Å². The molecule has 0 aliphatic carbocycles. The third-order valence-electron chi connectivity index (χ3n) is 5.51. The predicted molar refractivity (Wildman–Crippen MR) is 108 cm³/mol. The summed E-state index contributed by atoms with van der Waals surface area (Å²) in [5, 5.41) is 19.5. The number of carboxylic acid groups (broad SMARTS) is 2. The van der Waals surface area contributed by atoms with E-state index < -0.39 is 11.9 Å². The molecule has 0 spiro atoms. The Morgan fingerprint density at radius 3 is 1.29 bits per heavy atom. The van der Waals surface area contributed by atoms with Gasteiger partial charge in [0.15, 0.2) is 0 Å². The van der Waals surface area contributed by atoms with Gasteiger partial charge < -0.3 is 24.3 Å². The van der Waals surface area contributed by atoms with Crippen molar-refractivity contribution in [3.05, 3.63) is 0 Å². The Labute approximate surface area is 196 Å². The summed E-state index contributed by atoms with van der Waals surface area (Å²) in [6, 6.07) is 0. The normalized spacial score (nSPS) is 10.6. The van der Waals surface area contributed by atoms with Crippen LogP contribution in [0.4, 0.5) is 0 Å². The summed E-state index contributed by atoms with van der Waals surface area (Å²) in [5.41, 5.74) is 0. The number of carbonyl (C=O) groups excluding carboxylic acids is 2. The van der Waals surface area contributed by atoms with Gasteiger partial charge in [-0.2, -0.15) is 0 Å². The number of hydrogen-bond donors (Lipinski definition) is 0. The van der Waals surface area contributed by atoms with Crippen LogP contribution in [0.25, 0.3) is 0 Å². The summed E-state index contributed by atoms with van der Waals surface area (Å²) in [5.74, 6) is -2.28. The summed E-state index contributed by atoms with van der Waals surface area (Å²) in [6.45, 7) is 14.7. The molecule has 0 rings (SSSR count). The molecule has 162 valence electrons. The van der Waals surface area contributed by atoms with E-state index in [1.54, 1.807) is 0 Å². The predicted octanol–water partition coefficient (Wildman–Crippen LogP) is 0.0542. The van der Waals surface area contributed by atoms with E-state index in [-0.39, 0.29) is 42.4 Å². The van der Waals surface area contributed by atoms with E-state index in [2.05, 4.69) is 27.7 Å².